The number of amides is 1. The highest BCUT2D eigenvalue weighted by molar-refractivity contribution is 5.45. The molecule has 6 heteroatoms. The lowest BCUT2D eigenvalue weighted by Gasteiger charge is -2.26. The van der Waals surface area contributed by atoms with Gasteiger partial charge in [-0.1, -0.05) is 12.8 Å². The molecular weight excluding hydrogens is 211 g/mol. The van der Waals surface area contributed by atoms with Gasteiger partial charge in [0.1, 0.15) is 0 Å². The van der Waals surface area contributed by atoms with E-state index in [1.54, 1.807) is 0 Å². The van der Waals surface area contributed by atoms with Gasteiger partial charge >= 0.3 is 6.18 Å². The Kier molecular flexibility index (Phi) is 5.64. The molecule has 0 aliphatic carbocycles. The van der Waals surface area contributed by atoms with Crippen LogP contribution >= 0.6 is 0 Å². The summed E-state index contributed by atoms with van der Waals surface area (Å²) in [6, 6.07) is 0. The summed E-state index contributed by atoms with van der Waals surface area (Å²) in [4.78, 5) is 9.83. The summed E-state index contributed by atoms with van der Waals surface area (Å²) in [7, 11) is 0. The molecule has 1 atom stereocenters. The standard InChI is InChI=1S/C9H16F3NO2/c1-8(15,9(10,11)12)5-3-2-4-6-13-7-14/h7,15H,2-6H2,1H3,(H,13,14). The molecule has 3 nitrogen and oxygen atoms in total. The van der Waals surface area contributed by atoms with Crippen LogP contribution in [0.15, 0.2) is 0 Å². The monoisotopic (exact) mass is 227 g/mol. The Labute approximate surface area is 86.7 Å². The zero-order chi connectivity index (χ0) is 11.9. The van der Waals surface area contributed by atoms with Crippen molar-refractivity contribution in [2.75, 3.05) is 6.54 Å². The molecule has 0 aromatic rings. The van der Waals surface area contributed by atoms with Crippen molar-refractivity contribution in [3.8, 4) is 0 Å². The molecule has 15 heavy (non-hydrogen) atoms. The Morgan fingerprint density at radius 2 is 1.87 bits per heavy atom. The normalized spacial score (nSPS) is 15.8. The van der Waals surface area contributed by atoms with E-state index in [0.29, 0.717) is 25.8 Å². The maximum atomic E-state index is 12.2. The first-order valence-electron chi connectivity index (χ1n) is 4.77. The molecule has 0 aliphatic heterocycles. The van der Waals surface area contributed by atoms with Gasteiger partial charge < -0.3 is 10.4 Å². The maximum absolute atomic E-state index is 12.2. The first kappa shape index (κ1) is 14.2. The average molecular weight is 227 g/mol. The molecule has 0 aliphatic rings. The van der Waals surface area contributed by atoms with Crippen LogP contribution in [-0.4, -0.2) is 29.8 Å². The van der Waals surface area contributed by atoms with Crippen LogP contribution < -0.4 is 5.32 Å². The fourth-order valence-corrected chi connectivity index (χ4v) is 1.07. The topological polar surface area (TPSA) is 49.3 Å². The molecule has 0 aromatic heterocycles. The van der Waals surface area contributed by atoms with Gasteiger partial charge in [-0.15, -0.1) is 0 Å². The minimum atomic E-state index is -4.58. The summed E-state index contributed by atoms with van der Waals surface area (Å²) in [6.07, 6.45) is -2.88. The molecule has 0 bridgehead atoms. The molecule has 0 fully saturated rings. The summed E-state index contributed by atoms with van der Waals surface area (Å²) in [5.41, 5.74) is -2.61. The van der Waals surface area contributed by atoms with Gasteiger partial charge in [0, 0.05) is 6.54 Å². The fourth-order valence-electron chi connectivity index (χ4n) is 1.07. The van der Waals surface area contributed by atoms with Gasteiger partial charge in [-0.3, -0.25) is 4.79 Å². The van der Waals surface area contributed by atoms with E-state index < -0.39 is 11.8 Å². The number of halogens is 3. The van der Waals surface area contributed by atoms with Gasteiger partial charge in [0.05, 0.1) is 0 Å². The molecule has 1 unspecified atom stereocenters. The fraction of sp³-hybridized carbons (Fsp3) is 0.889. The van der Waals surface area contributed by atoms with Crippen LogP contribution in [0, 0.1) is 0 Å². The van der Waals surface area contributed by atoms with Crippen LogP contribution in [0.25, 0.3) is 0 Å². The van der Waals surface area contributed by atoms with Crippen molar-refractivity contribution < 1.29 is 23.1 Å². The van der Waals surface area contributed by atoms with Crippen LogP contribution in [0.1, 0.15) is 32.6 Å². The van der Waals surface area contributed by atoms with E-state index >= 15 is 0 Å². The van der Waals surface area contributed by atoms with Gasteiger partial charge in [-0.25, -0.2) is 0 Å². The number of aliphatic hydroxyl groups is 1. The molecule has 0 saturated carbocycles. The summed E-state index contributed by atoms with van der Waals surface area (Å²) in [5.74, 6) is 0. The zero-order valence-electron chi connectivity index (χ0n) is 8.60. The Morgan fingerprint density at radius 1 is 1.27 bits per heavy atom. The average Bonchev–Trinajstić information content (AvgIpc) is 2.09. The molecule has 0 saturated heterocycles. The van der Waals surface area contributed by atoms with E-state index in [9.17, 15) is 18.0 Å². The van der Waals surface area contributed by atoms with Gasteiger partial charge in [0.25, 0.3) is 0 Å². The quantitative estimate of drug-likeness (QED) is 0.512. The van der Waals surface area contributed by atoms with E-state index in [-0.39, 0.29) is 12.8 Å². The number of carbonyl (C=O) groups is 1. The second-order valence-electron chi connectivity index (χ2n) is 3.65. The van der Waals surface area contributed by atoms with Crippen molar-refractivity contribution >= 4 is 6.41 Å². The Balaban J connectivity index is 3.62. The highest BCUT2D eigenvalue weighted by Gasteiger charge is 2.48. The number of hydrogen-bond acceptors (Lipinski definition) is 2. The Morgan fingerprint density at radius 3 is 2.33 bits per heavy atom. The lowest BCUT2D eigenvalue weighted by Crippen LogP contribution is -2.41. The first-order valence-corrected chi connectivity index (χ1v) is 4.77. The number of hydrogen-bond donors (Lipinski definition) is 2. The second-order valence-corrected chi connectivity index (χ2v) is 3.65. The minimum absolute atomic E-state index is 0.285. The summed E-state index contributed by atoms with van der Waals surface area (Å²) in [6.45, 7) is 1.23. The summed E-state index contributed by atoms with van der Waals surface area (Å²) < 4.78 is 36.5. The smallest absolute Gasteiger partial charge is 0.381 e. The van der Waals surface area contributed by atoms with Gasteiger partial charge in [-0.05, 0) is 19.8 Å². The van der Waals surface area contributed by atoms with Crippen LogP contribution in [0.3, 0.4) is 0 Å². The number of alkyl halides is 3. The largest absolute Gasteiger partial charge is 0.416 e. The number of carbonyl (C=O) groups excluding carboxylic acids is 1. The highest BCUT2D eigenvalue weighted by Crippen LogP contribution is 2.33. The Hall–Kier alpha value is -0.780. The van der Waals surface area contributed by atoms with Gasteiger partial charge in [-0.2, -0.15) is 13.2 Å². The lowest BCUT2D eigenvalue weighted by atomic mass is 9.98. The van der Waals surface area contributed by atoms with E-state index in [1.807, 2.05) is 0 Å². The number of rotatable bonds is 7. The molecule has 0 radical (unpaired) electrons. The summed E-state index contributed by atoms with van der Waals surface area (Å²) in [5, 5.41) is 11.5. The van der Waals surface area contributed by atoms with Crippen LogP contribution in [-0.2, 0) is 4.79 Å². The predicted octanol–water partition coefficient (Wildman–Crippen LogP) is 1.61. The number of unbranched alkanes of at least 4 members (excludes halogenated alkanes) is 2. The molecule has 2 N–H and O–H groups in total. The second kappa shape index (κ2) is 5.95. The Bertz CT molecular complexity index is 192. The third-order valence-corrected chi connectivity index (χ3v) is 2.18. The van der Waals surface area contributed by atoms with Crippen molar-refractivity contribution in [2.45, 2.75) is 44.4 Å². The molecule has 0 rings (SSSR count). The maximum Gasteiger partial charge on any atom is 0.416 e. The molecule has 0 aromatic carbocycles. The van der Waals surface area contributed by atoms with Crippen molar-refractivity contribution in [3.05, 3.63) is 0 Å². The van der Waals surface area contributed by atoms with E-state index in [1.165, 1.54) is 0 Å². The molecular formula is C9H16F3NO2. The van der Waals surface area contributed by atoms with Crippen molar-refractivity contribution in [3.63, 3.8) is 0 Å². The van der Waals surface area contributed by atoms with E-state index in [2.05, 4.69) is 5.32 Å². The van der Waals surface area contributed by atoms with Crippen molar-refractivity contribution in [1.29, 1.82) is 0 Å². The predicted molar refractivity (Wildman–Crippen MR) is 49.2 cm³/mol. The zero-order valence-corrected chi connectivity index (χ0v) is 8.60. The third kappa shape index (κ3) is 5.61. The van der Waals surface area contributed by atoms with Crippen molar-refractivity contribution in [1.82, 2.24) is 5.32 Å². The minimum Gasteiger partial charge on any atom is -0.381 e. The molecule has 0 spiro atoms. The lowest BCUT2D eigenvalue weighted by molar-refractivity contribution is -0.255. The van der Waals surface area contributed by atoms with E-state index in [4.69, 9.17) is 5.11 Å². The van der Waals surface area contributed by atoms with Gasteiger partial charge in [0.15, 0.2) is 5.60 Å². The highest BCUT2D eigenvalue weighted by atomic mass is 19.4. The number of nitrogens with one attached hydrogen (secondary N) is 1. The van der Waals surface area contributed by atoms with E-state index in [0.717, 1.165) is 6.92 Å². The van der Waals surface area contributed by atoms with Gasteiger partial charge in [0.2, 0.25) is 6.41 Å². The van der Waals surface area contributed by atoms with Crippen molar-refractivity contribution in [2.24, 2.45) is 0 Å². The van der Waals surface area contributed by atoms with Crippen LogP contribution in [0.4, 0.5) is 13.2 Å². The first-order chi connectivity index (χ1) is 6.81. The molecule has 1 amide bonds. The summed E-state index contributed by atoms with van der Waals surface area (Å²) >= 11 is 0. The molecule has 0 heterocycles. The third-order valence-electron chi connectivity index (χ3n) is 2.18. The van der Waals surface area contributed by atoms with Crippen LogP contribution in [0.5, 0.6) is 0 Å². The molecule has 90 valence electrons. The SMILES string of the molecule is CC(O)(CCCCCNC=O)C(F)(F)F. The van der Waals surface area contributed by atoms with Crippen LogP contribution in [0.2, 0.25) is 0 Å².